The first-order valence-corrected chi connectivity index (χ1v) is 8.47. The van der Waals surface area contributed by atoms with Crippen LogP contribution in [0, 0.1) is 0 Å². The van der Waals surface area contributed by atoms with Crippen LogP contribution in [0.1, 0.15) is 5.56 Å². The van der Waals surface area contributed by atoms with Gasteiger partial charge in [-0.2, -0.15) is 0 Å². The molecule has 4 nitrogen and oxygen atoms in total. The number of para-hydroxylation sites is 2. The van der Waals surface area contributed by atoms with E-state index < -0.39 is 0 Å². The minimum Gasteiger partial charge on any atom is -0.493 e. The van der Waals surface area contributed by atoms with Gasteiger partial charge in [0, 0.05) is 6.08 Å². The molecule has 0 aliphatic rings. The Morgan fingerprint density at radius 1 is 0.962 bits per heavy atom. The van der Waals surface area contributed by atoms with E-state index in [1.807, 2.05) is 60.7 Å². The maximum absolute atomic E-state index is 12.0. The largest absolute Gasteiger partial charge is 0.493 e. The number of hydrogen-bond acceptors (Lipinski definition) is 3. The summed E-state index contributed by atoms with van der Waals surface area (Å²) in [5, 5.41) is 5.09. The zero-order valence-corrected chi connectivity index (χ0v) is 14.6. The second-order valence-electron chi connectivity index (χ2n) is 5.69. The first-order valence-electron chi connectivity index (χ1n) is 8.47. The molecular weight excluding hydrogens is 326 g/mol. The van der Waals surface area contributed by atoms with Gasteiger partial charge < -0.3 is 14.8 Å². The van der Waals surface area contributed by atoms with Crippen molar-refractivity contribution in [3.05, 3.63) is 78.4 Å². The summed E-state index contributed by atoms with van der Waals surface area (Å²) < 4.78 is 10.9. The monoisotopic (exact) mass is 347 g/mol. The van der Waals surface area contributed by atoms with Crippen LogP contribution in [-0.4, -0.2) is 26.2 Å². The summed E-state index contributed by atoms with van der Waals surface area (Å²) in [6.07, 6.45) is 3.38. The number of fused-ring (bicyclic) bond motifs is 1. The Bertz CT molecular complexity index is 913. The molecule has 26 heavy (non-hydrogen) atoms. The van der Waals surface area contributed by atoms with Crippen molar-refractivity contribution in [2.45, 2.75) is 0 Å². The van der Waals surface area contributed by atoms with Gasteiger partial charge in [-0.3, -0.25) is 4.79 Å². The van der Waals surface area contributed by atoms with Crippen molar-refractivity contribution < 1.29 is 14.3 Å². The number of nitrogens with one attached hydrogen (secondary N) is 1. The van der Waals surface area contributed by atoms with Crippen molar-refractivity contribution in [3.8, 4) is 11.5 Å². The third kappa shape index (κ3) is 4.42. The van der Waals surface area contributed by atoms with Gasteiger partial charge in [0.2, 0.25) is 5.91 Å². The normalized spacial score (nSPS) is 10.8. The molecule has 0 bridgehead atoms. The topological polar surface area (TPSA) is 47.6 Å². The molecule has 0 heterocycles. The number of hydrogen-bond donors (Lipinski definition) is 1. The summed E-state index contributed by atoms with van der Waals surface area (Å²) in [7, 11) is 1.60. The van der Waals surface area contributed by atoms with E-state index in [0.29, 0.717) is 24.7 Å². The Kier molecular flexibility index (Phi) is 5.88. The average Bonchev–Trinajstić information content (AvgIpc) is 2.70. The summed E-state index contributed by atoms with van der Waals surface area (Å²) in [6, 6.07) is 21.6. The maximum Gasteiger partial charge on any atom is 0.244 e. The van der Waals surface area contributed by atoms with E-state index in [4.69, 9.17) is 9.47 Å². The number of carbonyl (C=O) groups is 1. The molecule has 0 aromatic heterocycles. The highest BCUT2D eigenvalue weighted by molar-refractivity contribution is 5.96. The first kappa shape index (κ1) is 17.5. The third-order valence-electron chi connectivity index (χ3n) is 3.97. The predicted molar refractivity (Wildman–Crippen MR) is 104 cm³/mol. The van der Waals surface area contributed by atoms with E-state index in [0.717, 1.165) is 16.3 Å². The molecule has 3 rings (SSSR count). The van der Waals surface area contributed by atoms with E-state index in [2.05, 4.69) is 17.4 Å². The lowest BCUT2D eigenvalue weighted by atomic mass is 10.0. The molecule has 1 N–H and O–H groups in total. The van der Waals surface area contributed by atoms with Gasteiger partial charge in [0.1, 0.15) is 6.61 Å². The number of benzene rings is 3. The molecular formula is C22H21NO3. The van der Waals surface area contributed by atoms with Gasteiger partial charge >= 0.3 is 0 Å². The van der Waals surface area contributed by atoms with E-state index in [1.54, 1.807) is 13.2 Å². The Morgan fingerprint density at radius 3 is 2.54 bits per heavy atom. The van der Waals surface area contributed by atoms with Crippen LogP contribution in [0.25, 0.3) is 16.8 Å². The van der Waals surface area contributed by atoms with Gasteiger partial charge in [-0.25, -0.2) is 0 Å². The SMILES string of the molecule is COc1ccccc1OCCNC(=O)/C=C/c1cccc2ccccc12. The Morgan fingerprint density at radius 2 is 1.69 bits per heavy atom. The fourth-order valence-corrected chi connectivity index (χ4v) is 2.69. The van der Waals surface area contributed by atoms with Gasteiger partial charge in [-0.1, -0.05) is 54.6 Å². The van der Waals surface area contributed by atoms with Crippen molar-refractivity contribution >= 4 is 22.8 Å². The molecule has 0 spiro atoms. The molecule has 0 unspecified atom stereocenters. The summed E-state index contributed by atoms with van der Waals surface area (Å²) in [5.41, 5.74) is 1.02. The molecule has 132 valence electrons. The van der Waals surface area contributed by atoms with Crippen LogP contribution >= 0.6 is 0 Å². The lowest BCUT2D eigenvalue weighted by molar-refractivity contribution is -0.116. The third-order valence-corrected chi connectivity index (χ3v) is 3.97. The minimum absolute atomic E-state index is 0.151. The molecule has 0 saturated heterocycles. The predicted octanol–water partition coefficient (Wildman–Crippen LogP) is 4.06. The molecule has 0 saturated carbocycles. The van der Waals surface area contributed by atoms with Crippen molar-refractivity contribution in [2.75, 3.05) is 20.3 Å². The van der Waals surface area contributed by atoms with Gasteiger partial charge in [0.15, 0.2) is 11.5 Å². The summed E-state index contributed by atoms with van der Waals surface area (Å²) in [4.78, 5) is 12.0. The van der Waals surface area contributed by atoms with Crippen LogP contribution in [-0.2, 0) is 4.79 Å². The van der Waals surface area contributed by atoms with Gasteiger partial charge in [-0.15, -0.1) is 0 Å². The van der Waals surface area contributed by atoms with Gasteiger partial charge in [0.25, 0.3) is 0 Å². The molecule has 1 amide bonds. The zero-order chi connectivity index (χ0) is 18.2. The van der Waals surface area contributed by atoms with Crippen molar-refractivity contribution in [3.63, 3.8) is 0 Å². The van der Waals surface area contributed by atoms with Crippen molar-refractivity contribution in [2.24, 2.45) is 0 Å². The van der Waals surface area contributed by atoms with Crippen LogP contribution in [0.4, 0.5) is 0 Å². The minimum atomic E-state index is -0.151. The van der Waals surface area contributed by atoms with Gasteiger partial charge in [-0.05, 0) is 34.5 Å². The van der Waals surface area contributed by atoms with E-state index in [1.165, 1.54) is 0 Å². The van der Waals surface area contributed by atoms with Crippen LogP contribution in [0.3, 0.4) is 0 Å². The molecule has 3 aromatic rings. The fourth-order valence-electron chi connectivity index (χ4n) is 2.69. The number of methoxy groups -OCH3 is 1. The summed E-state index contributed by atoms with van der Waals surface area (Å²) in [5.74, 6) is 1.19. The maximum atomic E-state index is 12.0. The quantitative estimate of drug-likeness (QED) is 0.518. The van der Waals surface area contributed by atoms with E-state index in [-0.39, 0.29) is 5.91 Å². The number of carbonyl (C=O) groups excluding carboxylic acids is 1. The highest BCUT2D eigenvalue weighted by atomic mass is 16.5. The smallest absolute Gasteiger partial charge is 0.244 e. The molecule has 4 heteroatoms. The number of ether oxygens (including phenoxy) is 2. The molecule has 0 aliphatic heterocycles. The van der Waals surface area contributed by atoms with Crippen molar-refractivity contribution in [1.29, 1.82) is 0 Å². The Labute approximate surface area is 153 Å². The average molecular weight is 347 g/mol. The number of amides is 1. The standard InChI is InChI=1S/C22H21NO3/c1-25-20-11-4-5-12-21(20)26-16-15-23-22(24)14-13-18-9-6-8-17-7-2-3-10-19(17)18/h2-14H,15-16H2,1H3,(H,23,24)/b14-13+. The Balaban J connectivity index is 1.52. The van der Waals surface area contributed by atoms with E-state index >= 15 is 0 Å². The van der Waals surface area contributed by atoms with Crippen LogP contribution < -0.4 is 14.8 Å². The summed E-state index contributed by atoms with van der Waals surface area (Å²) in [6.45, 7) is 0.783. The molecule has 0 aliphatic carbocycles. The number of rotatable bonds is 7. The van der Waals surface area contributed by atoms with Gasteiger partial charge in [0.05, 0.1) is 13.7 Å². The molecule has 3 aromatic carbocycles. The lowest BCUT2D eigenvalue weighted by Gasteiger charge is -2.10. The second-order valence-corrected chi connectivity index (χ2v) is 5.69. The Hall–Kier alpha value is -3.27. The van der Waals surface area contributed by atoms with Crippen LogP contribution in [0.15, 0.2) is 72.8 Å². The van der Waals surface area contributed by atoms with Crippen LogP contribution in [0.2, 0.25) is 0 Å². The molecule has 0 fully saturated rings. The van der Waals surface area contributed by atoms with E-state index in [9.17, 15) is 4.79 Å². The second kappa shape index (κ2) is 8.72. The fraction of sp³-hybridized carbons (Fsp3) is 0.136. The molecule has 0 radical (unpaired) electrons. The summed E-state index contributed by atoms with van der Waals surface area (Å²) >= 11 is 0. The van der Waals surface area contributed by atoms with Crippen LogP contribution in [0.5, 0.6) is 11.5 Å². The first-order chi connectivity index (χ1) is 12.8. The highest BCUT2D eigenvalue weighted by Gasteiger charge is 2.03. The zero-order valence-electron chi connectivity index (χ0n) is 14.6. The highest BCUT2D eigenvalue weighted by Crippen LogP contribution is 2.25. The molecule has 0 atom stereocenters. The van der Waals surface area contributed by atoms with Crippen molar-refractivity contribution in [1.82, 2.24) is 5.32 Å². The lowest BCUT2D eigenvalue weighted by Crippen LogP contribution is -2.26.